The van der Waals surface area contributed by atoms with Gasteiger partial charge in [-0.15, -0.1) is 11.3 Å². The van der Waals surface area contributed by atoms with E-state index >= 15 is 0 Å². The Morgan fingerprint density at radius 2 is 1.76 bits per heavy atom. The van der Waals surface area contributed by atoms with Crippen molar-refractivity contribution in [3.05, 3.63) is 73.3 Å². The Hall–Kier alpha value is -3.13. The summed E-state index contributed by atoms with van der Waals surface area (Å²) in [6, 6.07) is 13.2. The van der Waals surface area contributed by atoms with E-state index in [2.05, 4.69) is 6.07 Å². The predicted molar refractivity (Wildman–Crippen MR) is 151 cm³/mol. The highest BCUT2D eigenvalue weighted by Gasteiger charge is 2.23. The number of carbonyl (C=O) groups excluding carboxylic acids is 1. The number of esters is 1. The fraction of sp³-hybridized carbons (Fsp3) is 0.250. The normalized spacial score (nSPS) is 12.0. The van der Waals surface area contributed by atoms with E-state index in [1.54, 1.807) is 29.8 Å². The summed E-state index contributed by atoms with van der Waals surface area (Å²) in [4.78, 5) is 30.1. The van der Waals surface area contributed by atoms with Crippen LogP contribution in [0.15, 0.2) is 52.6 Å². The molecule has 3 aromatic heterocycles. The lowest BCUT2D eigenvalue weighted by Gasteiger charge is -2.15. The van der Waals surface area contributed by atoms with Gasteiger partial charge in [-0.3, -0.25) is 14.2 Å². The number of rotatable bonds is 4. The van der Waals surface area contributed by atoms with Crippen molar-refractivity contribution in [2.45, 2.75) is 27.4 Å². The number of pyridine rings is 1. The molecule has 190 valence electrons. The van der Waals surface area contributed by atoms with Crippen molar-refractivity contribution >= 4 is 62.4 Å². The average molecular weight is 554 g/mol. The molecule has 0 aliphatic rings. The first-order chi connectivity index (χ1) is 17.5. The van der Waals surface area contributed by atoms with Gasteiger partial charge in [0.15, 0.2) is 0 Å². The van der Waals surface area contributed by atoms with Crippen molar-refractivity contribution in [3.63, 3.8) is 0 Å². The molecule has 0 radical (unpaired) electrons. The van der Waals surface area contributed by atoms with Crippen LogP contribution in [0.4, 0.5) is 0 Å². The molecule has 0 aliphatic heterocycles. The monoisotopic (exact) mass is 553 g/mol. The molecule has 0 saturated carbocycles. The second-order valence-electron chi connectivity index (χ2n) is 10.0. The predicted octanol–water partition coefficient (Wildman–Crippen LogP) is 7.22. The minimum Gasteiger partial charge on any atom is -0.458 e. The zero-order chi connectivity index (χ0) is 26.6. The van der Waals surface area contributed by atoms with Crippen LogP contribution in [-0.4, -0.2) is 20.1 Å². The molecule has 2 aromatic carbocycles. The van der Waals surface area contributed by atoms with Gasteiger partial charge in [0, 0.05) is 52.0 Å². The van der Waals surface area contributed by atoms with Gasteiger partial charge < -0.3 is 9.30 Å². The number of hydrogen-bond donors (Lipinski definition) is 0. The number of hydrogen-bond acceptors (Lipinski definition) is 5. The van der Waals surface area contributed by atoms with Gasteiger partial charge >= 0.3 is 5.97 Å². The Morgan fingerprint density at radius 3 is 2.46 bits per heavy atom. The first-order valence-corrected chi connectivity index (χ1v) is 13.3. The molecule has 0 spiro atoms. The number of thiazole rings is 1. The van der Waals surface area contributed by atoms with Crippen LogP contribution in [0, 0.1) is 5.41 Å². The van der Waals surface area contributed by atoms with Crippen molar-refractivity contribution in [3.8, 4) is 22.4 Å². The Bertz CT molecular complexity index is 1760. The SMILES string of the molecule is Cn1c(=O)c(-c2ccc(Cl)cc2Cl)cc2c3cc(-c4csc(COC(=O)C(C)(C)C)n4)ccc3n(C)c21. The molecule has 0 aliphatic carbocycles. The summed E-state index contributed by atoms with van der Waals surface area (Å²) < 4.78 is 9.09. The molecule has 5 aromatic rings. The fourth-order valence-corrected chi connectivity index (χ4v) is 5.63. The Balaban J connectivity index is 1.60. The highest BCUT2D eigenvalue weighted by Crippen LogP contribution is 2.35. The number of fused-ring (bicyclic) bond motifs is 3. The highest BCUT2D eigenvalue weighted by atomic mass is 35.5. The summed E-state index contributed by atoms with van der Waals surface area (Å²) in [6.07, 6.45) is 0. The van der Waals surface area contributed by atoms with Crippen LogP contribution in [0.1, 0.15) is 25.8 Å². The van der Waals surface area contributed by atoms with Crippen molar-refractivity contribution in [2.24, 2.45) is 19.5 Å². The molecule has 3 heterocycles. The highest BCUT2D eigenvalue weighted by molar-refractivity contribution is 7.09. The fourth-order valence-electron chi connectivity index (χ4n) is 4.40. The molecule has 0 bridgehead atoms. The Kier molecular flexibility index (Phi) is 6.42. The number of ether oxygens (including phenoxy) is 1. The van der Waals surface area contributed by atoms with E-state index in [1.165, 1.54) is 11.3 Å². The number of aromatic nitrogens is 3. The van der Waals surface area contributed by atoms with E-state index in [1.807, 2.05) is 56.0 Å². The number of aryl methyl sites for hydroxylation is 2. The van der Waals surface area contributed by atoms with Crippen LogP contribution in [0.25, 0.3) is 44.3 Å². The molecule has 0 N–H and O–H groups in total. The van der Waals surface area contributed by atoms with Crippen LogP contribution in [0.5, 0.6) is 0 Å². The summed E-state index contributed by atoms with van der Waals surface area (Å²) in [5, 5.41) is 5.54. The zero-order valence-electron chi connectivity index (χ0n) is 21.1. The van der Waals surface area contributed by atoms with Gasteiger partial charge in [0.1, 0.15) is 17.3 Å². The minimum absolute atomic E-state index is 0.142. The molecule has 0 saturated heterocycles. The number of nitrogens with zero attached hydrogens (tertiary/aromatic N) is 3. The molecule has 0 amide bonds. The van der Waals surface area contributed by atoms with E-state index in [0.717, 1.165) is 38.2 Å². The lowest BCUT2D eigenvalue weighted by Crippen LogP contribution is -2.22. The molecule has 37 heavy (non-hydrogen) atoms. The van der Waals surface area contributed by atoms with Crippen molar-refractivity contribution < 1.29 is 9.53 Å². The quantitative estimate of drug-likeness (QED) is 0.220. The smallest absolute Gasteiger partial charge is 0.311 e. The molecule has 5 rings (SSSR count). The van der Waals surface area contributed by atoms with Crippen molar-refractivity contribution in [2.75, 3.05) is 0 Å². The van der Waals surface area contributed by atoms with Crippen LogP contribution in [0.3, 0.4) is 0 Å². The summed E-state index contributed by atoms with van der Waals surface area (Å²) in [7, 11) is 3.71. The maximum atomic E-state index is 13.3. The van der Waals surface area contributed by atoms with Gasteiger partial charge in [0.2, 0.25) is 0 Å². The Labute approximate surface area is 228 Å². The second-order valence-corrected chi connectivity index (χ2v) is 11.8. The molecule has 0 unspecified atom stereocenters. The third-order valence-electron chi connectivity index (χ3n) is 6.36. The summed E-state index contributed by atoms with van der Waals surface area (Å²) in [5.74, 6) is -0.261. The second kappa shape index (κ2) is 9.31. The number of halogens is 2. The third-order valence-corrected chi connectivity index (χ3v) is 7.73. The summed E-state index contributed by atoms with van der Waals surface area (Å²) >= 11 is 14.0. The van der Waals surface area contributed by atoms with Gasteiger partial charge in [0.05, 0.1) is 21.6 Å². The van der Waals surface area contributed by atoms with E-state index in [-0.39, 0.29) is 18.1 Å². The van der Waals surface area contributed by atoms with Gasteiger partial charge in [0.25, 0.3) is 5.56 Å². The lowest BCUT2D eigenvalue weighted by molar-refractivity contribution is -0.154. The maximum Gasteiger partial charge on any atom is 0.311 e. The maximum absolute atomic E-state index is 13.3. The van der Waals surface area contributed by atoms with Crippen molar-refractivity contribution in [1.29, 1.82) is 0 Å². The molecular formula is C28H25Cl2N3O3S. The molecule has 0 fully saturated rings. The topological polar surface area (TPSA) is 66.1 Å². The molecular weight excluding hydrogens is 529 g/mol. The van der Waals surface area contributed by atoms with E-state index in [0.29, 0.717) is 21.2 Å². The minimum atomic E-state index is -0.561. The summed E-state index contributed by atoms with van der Waals surface area (Å²) in [6.45, 7) is 5.61. The number of carbonyl (C=O) groups is 1. The first-order valence-electron chi connectivity index (χ1n) is 11.7. The largest absolute Gasteiger partial charge is 0.458 e. The first kappa shape index (κ1) is 25.5. The molecule has 9 heteroatoms. The van der Waals surface area contributed by atoms with Crippen LogP contribution >= 0.6 is 34.5 Å². The lowest BCUT2D eigenvalue weighted by atomic mass is 9.97. The van der Waals surface area contributed by atoms with Gasteiger partial charge in [-0.1, -0.05) is 35.3 Å². The standard InChI is InChI=1S/C28H25Cl2N3O3S/c1-28(2,3)27(35)36-13-24-31-22(14-37-24)15-6-9-23-18(10-15)19-12-20(17-8-7-16(29)11-21(17)30)26(34)33(5)25(19)32(23)4/h6-12,14H,13H2,1-5H3. The molecule has 0 atom stereocenters. The number of benzene rings is 2. The van der Waals surface area contributed by atoms with E-state index < -0.39 is 5.41 Å². The van der Waals surface area contributed by atoms with Crippen molar-refractivity contribution in [1.82, 2.24) is 14.1 Å². The Morgan fingerprint density at radius 1 is 1.00 bits per heavy atom. The van der Waals surface area contributed by atoms with Crippen LogP contribution in [0.2, 0.25) is 10.0 Å². The van der Waals surface area contributed by atoms with Gasteiger partial charge in [-0.25, -0.2) is 4.98 Å². The van der Waals surface area contributed by atoms with E-state index in [9.17, 15) is 9.59 Å². The molecule has 6 nitrogen and oxygen atoms in total. The van der Waals surface area contributed by atoms with Gasteiger partial charge in [-0.2, -0.15) is 0 Å². The summed E-state index contributed by atoms with van der Waals surface area (Å²) in [5.41, 5.74) is 3.97. The van der Waals surface area contributed by atoms with E-state index in [4.69, 9.17) is 32.9 Å². The third kappa shape index (κ3) is 4.56. The zero-order valence-corrected chi connectivity index (χ0v) is 23.4. The van der Waals surface area contributed by atoms with Crippen LogP contribution in [-0.2, 0) is 30.2 Å². The van der Waals surface area contributed by atoms with Crippen LogP contribution < -0.4 is 5.56 Å². The van der Waals surface area contributed by atoms with Gasteiger partial charge in [-0.05, 0) is 51.1 Å². The average Bonchev–Trinajstić information content (AvgIpc) is 3.42.